The lowest BCUT2D eigenvalue weighted by atomic mass is 9.93. The summed E-state index contributed by atoms with van der Waals surface area (Å²) in [6, 6.07) is 28.0. The number of carbonyl (C=O) groups is 3. The zero-order chi connectivity index (χ0) is 27.8. The van der Waals surface area contributed by atoms with E-state index in [-0.39, 0.29) is 29.5 Å². The van der Waals surface area contributed by atoms with Crippen LogP contribution in [-0.2, 0) is 20.9 Å². The van der Waals surface area contributed by atoms with Crippen molar-refractivity contribution in [3.05, 3.63) is 107 Å². The number of benzene rings is 3. The molecule has 200 valence electrons. The smallest absolute Gasteiger partial charge is 0.306 e. The molecule has 7 nitrogen and oxygen atoms in total. The first-order valence-electron chi connectivity index (χ1n) is 13.2. The average Bonchev–Trinajstić information content (AvgIpc) is 3.49. The highest BCUT2D eigenvalue weighted by molar-refractivity contribution is 6.12. The number of carbonyl (C=O) groups excluding carboxylic acids is 3. The van der Waals surface area contributed by atoms with Gasteiger partial charge in [-0.1, -0.05) is 60.7 Å². The number of hydrogen-bond acceptors (Lipinski definition) is 6. The van der Waals surface area contributed by atoms with Crippen LogP contribution in [0.5, 0.6) is 0 Å². The van der Waals surface area contributed by atoms with Crippen LogP contribution in [0.4, 0.5) is 0 Å². The topological polar surface area (TPSA) is 113 Å². The van der Waals surface area contributed by atoms with Crippen molar-refractivity contribution in [2.45, 2.75) is 44.2 Å². The van der Waals surface area contributed by atoms with Crippen LogP contribution in [0.2, 0.25) is 0 Å². The van der Waals surface area contributed by atoms with E-state index in [1.807, 2.05) is 71.6 Å². The fraction of sp³-hybridized carbons (Fsp3) is 0.312. The van der Waals surface area contributed by atoms with E-state index in [0.29, 0.717) is 37.2 Å². The predicted octanol–water partition coefficient (Wildman–Crippen LogP) is 4.61. The lowest BCUT2D eigenvalue weighted by Crippen LogP contribution is -2.39. The van der Waals surface area contributed by atoms with Gasteiger partial charge in [-0.05, 0) is 61.1 Å². The van der Waals surface area contributed by atoms with Gasteiger partial charge in [0.1, 0.15) is 6.61 Å². The highest BCUT2D eigenvalue weighted by Crippen LogP contribution is 2.44. The Bertz CT molecular complexity index is 1320. The highest BCUT2D eigenvalue weighted by Gasteiger charge is 2.59. The second kappa shape index (κ2) is 12.5. The van der Waals surface area contributed by atoms with Crippen molar-refractivity contribution in [2.24, 2.45) is 11.7 Å². The summed E-state index contributed by atoms with van der Waals surface area (Å²) in [6.07, 6.45) is 1.98. The van der Waals surface area contributed by atoms with Crippen LogP contribution < -0.4 is 5.73 Å². The molecule has 2 aliphatic rings. The molecular weight excluding hydrogens is 490 g/mol. The van der Waals surface area contributed by atoms with E-state index in [0.717, 1.165) is 24.0 Å². The van der Waals surface area contributed by atoms with Gasteiger partial charge in [0.05, 0.1) is 23.1 Å². The Kier molecular flexibility index (Phi) is 8.90. The first-order valence-corrected chi connectivity index (χ1v) is 13.2. The Morgan fingerprint density at radius 3 is 2.08 bits per heavy atom. The van der Waals surface area contributed by atoms with Crippen LogP contribution in [0.3, 0.4) is 0 Å². The minimum absolute atomic E-state index is 0.0235. The van der Waals surface area contributed by atoms with Crippen molar-refractivity contribution in [3.8, 4) is 6.07 Å². The molecule has 1 amide bonds. The molecule has 0 spiro atoms. The molecule has 1 saturated carbocycles. The van der Waals surface area contributed by atoms with Crippen molar-refractivity contribution in [3.63, 3.8) is 0 Å². The molecule has 39 heavy (non-hydrogen) atoms. The highest BCUT2D eigenvalue weighted by atomic mass is 16.5. The quantitative estimate of drug-likeness (QED) is 0.472. The second-order valence-electron chi connectivity index (χ2n) is 10.3. The maximum atomic E-state index is 12.5. The minimum atomic E-state index is -0.610. The van der Waals surface area contributed by atoms with Gasteiger partial charge < -0.3 is 15.4 Å². The molecule has 0 bridgehead atoms. The maximum Gasteiger partial charge on any atom is 0.306 e. The standard InChI is InChI=1S/C22H22N2O3.C10H11NO/c23-15-18-6-8-20(9-7-18)22(26)24-12-10-17(11-13-24)14-21(25)27-16-19-4-2-1-3-5-19;1-10(11)8(9(10)12)7-5-3-2-4-6-7/h1-9,17H,10-14,16H2;2-6,8H,11H2,1H3. The zero-order valence-electron chi connectivity index (χ0n) is 22.1. The Morgan fingerprint density at radius 2 is 1.54 bits per heavy atom. The lowest BCUT2D eigenvalue weighted by Gasteiger charge is -2.31. The molecule has 3 aromatic rings. The van der Waals surface area contributed by atoms with Gasteiger partial charge in [0.25, 0.3) is 5.91 Å². The van der Waals surface area contributed by atoms with Crippen molar-refractivity contribution in [1.82, 2.24) is 4.90 Å². The Balaban J connectivity index is 0.000000243. The lowest BCUT2D eigenvalue weighted by molar-refractivity contribution is -0.146. The van der Waals surface area contributed by atoms with Crippen molar-refractivity contribution in [1.29, 1.82) is 5.26 Å². The molecule has 2 fully saturated rings. The number of ether oxygens (including phenoxy) is 1. The van der Waals surface area contributed by atoms with Gasteiger partial charge in [-0.3, -0.25) is 14.4 Å². The summed E-state index contributed by atoms with van der Waals surface area (Å²) >= 11 is 0. The molecule has 2 N–H and O–H groups in total. The first kappa shape index (κ1) is 27.7. The van der Waals surface area contributed by atoms with Crippen molar-refractivity contribution < 1.29 is 19.1 Å². The summed E-state index contributed by atoms with van der Waals surface area (Å²) in [5.41, 5.74) is 8.27. The third-order valence-corrected chi connectivity index (χ3v) is 7.30. The average molecular weight is 524 g/mol. The van der Waals surface area contributed by atoms with E-state index < -0.39 is 5.54 Å². The van der Waals surface area contributed by atoms with Gasteiger partial charge in [0.15, 0.2) is 5.78 Å². The number of likely N-dealkylation sites (tertiary alicyclic amines) is 1. The number of esters is 1. The number of rotatable bonds is 6. The van der Waals surface area contributed by atoms with Crippen molar-refractivity contribution in [2.75, 3.05) is 13.1 Å². The van der Waals surface area contributed by atoms with Gasteiger partial charge in [-0.2, -0.15) is 5.26 Å². The number of nitrogens with zero attached hydrogens (tertiary/aromatic N) is 2. The van der Waals surface area contributed by atoms with Gasteiger partial charge in [-0.15, -0.1) is 0 Å². The van der Waals surface area contributed by atoms with Crippen LogP contribution in [0.25, 0.3) is 0 Å². The minimum Gasteiger partial charge on any atom is -0.461 e. The van der Waals surface area contributed by atoms with E-state index >= 15 is 0 Å². The summed E-state index contributed by atoms with van der Waals surface area (Å²) in [5.74, 6) is 0.117. The SMILES string of the molecule is CC1(N)C(=O)C1c1ccccc1.N#Cc1ccc(C(=O)N2CCC(CC(=O)OCc3ccccc3)CC2)cc1. The molecule has 1 heterocycles. The summed E-state index contributed by atoms with van der Waals surface area (Å²) in [6.45, 7) is 3.35. The van der Waals surface area contributed by atoms with E-state index in [2.05, 4.69) is 0 Å². The van der Waals surface area contributed by atoms with Crippen LogP contribution in [0.15, 0.2) is 84.9 Å². The fourth-order valence-electron chi connectivity index (χ4n) is 4.81. The molecule has 2 atom stereocenters. The Labute approximate surface area is 229 Å². The fourth-order valence-corrected chi connectivity index (χ4v) is 4.81. The van der Waals surface area contributed by atoms with Crippen LogP contribution >= 0.6 is 0 Å². The molecule has 0 aromatic heterocycles. The number of ketones is 1. The zero-order valence-corrected chi connectivity index (χ0v) is 22.1. The molecule has 2 unspecified atom stereocenters. The monoisotopic (exact) mass is 523 g/mol. The number of amides is 1. The second-order valence-corrected chi connectivity index (χ2v) is 10.3. The van der Waals surface area contributed by atoms with Crippen LogP contribution in [-0.4, -0.2) is 41.2 Å². The first-order chi connectivity index (χ1) is 18.8. The number of Topliss-reactive ketones (excluding diaryl/α,β-unsaturated/α-hetero) is 1. The molecular formula is C32H33N3O4. The summed E-state index contributed by atoms with van der Waals surface area (Å²) in [5, 5.41) is 8.84. The van der Waals surface area contributed by atoms with E-state index in [9.17, 15) is 14.4 Å². The molecule has 7 heteroatoms. The van der Waals surface area contributed by atoms with E-state index in [4.69, 9.17) is 15.7 Å². The van der Waals surface area contributed by atoms with E-state index in [1.54, 1.807) is 31.2 Å². The summed E-state index contributed by atoms with van der Waals surface area (Å²) in [4.78, 5) is 37.6. The molecule has 1 saturated heterocycles. The van der Waals surface area contributed by atoms with E-state index in [1.165, 1.54) is 0 Å². The third kappa shape index (κ3) is 7.18. The summed E-state index contributed by atoms with van der Waals surface area (Å²) in [7, 11) is 0. The number of hydrogen-bond donors (Lipinski definition) is 1. The molecule has 0 radical (unpaired) electrons. The van der Waals surface area contributed by atoms with Gasteiger partial charge in [0.2, 0.25) is 0 Å². The van der Waals surface area contributed by atoms with Crippen LogP contribution in [0, 0.1) is 17.2 Å². The van der Waals surface area contributed by atoms with Gasteiger partial charge >= 0.3 is 5.97 Å². The predicted molar refractivity (Wildman–Crippen MR) is 147 cm³/mol. The largest absolute Gasteiger partial charge is 0.461 e. The molecule has 1 aliphatic carbocycles. The third-order valence-electron chi connectivity index (χ3n) is 7.30. The Hall–Kier alpha value is -4.28. The van der Waals surface area contributed by atoms with Gasteiger partial charge in [-0.25, -0.2) is 0 Å². The van der Waals surface area contributed by atoms with Crippen LogP contribution in [0.1, 0.15) is 59.2 Å². The normalized spacial score (nSPS) is 20.3. The maximum absolute atomic E-state index is 12.5. The van der Waals surface area contributed by atoms with Crippen molar-refractivity contribution >= 4 is 17.7 Å². The molecule has 1 aliphatic heterocycles. The summed E-state index contributed by atoms with van der Waals surface area (Å²) < 4.78 is 5.35. The Morgan fingerprint density at radius 1 is 0.974 bits per heavy atom. The number of nitriles is 1. The molecule has 3 aromatic carbocycles. The number of nitrogens with two attached hydrogens (primary N) is 1. The van der Waals surface area contributed by atoms with Gasteiger partial charge in [0, 0.05) is 25.1 Å². The number of piperidine rings is 1. The molecule has 5 rings (SSSR count).